The molecule has 1 unspecified atom stereocenters. The number of nitrogens with one attached hydrogen (secondary N) is 2. The number of H-pyrrole nitrogens is 1. The molecule has 14 nitrogen and oxygen atoms in total. The zero-order chi connectivity index (χ0) is 27.1. The van der Waals surface area contributed by atoms with Crippen molar-refractivity contribution in [2.24, 2.45) is 14.1 Å². The largest absolute Gasteiger partial charge is 0.508 e. The Bertz CT molecular complexity index is 1350. The Morgan fingerprint density at radius 2 is 1.71 bits per heavy atom. The maximum absolute atomic E-state index is 11.4. The van der Waals surface area contributed by atoms with Crippen molar-refractivity contribution >= 4 is 21.6 Å². The maximum Gasteiger partial charge on any atom is 0.394 e. The normalized spacial score (nSPS) is 12.4. The molecule has 0 fully saturated rings. The summed E-state index contributed by atoms with van der Waals surface area (Å²) >= 11 is 0. The van der Waals surface area contributed by atoms with Crippen molar-refractivity contribution in [1.29, 1.82) is 0 Å². The molecule has 196 valence electrons. The van der Waals surface area contributed by atoms with Gasteiger partial charge in [-0.05, 0) is 38.5 Å². The Hall–Kier alpha value is -3.08. The third-order valence-corrected chi connectivity index (χ3v) is 4.51. The van der Waals surface area contributed by atoms with Gasteiger partial charge in [-0.25, -0.2) is 9.78 Å². The van der Waals surface area contributed by atoms with Crippen LogP contribution >= 0.6 is 0 Å². The van der Waals surface area contributed by atoms with E-state index in [9.17, 15) is 19.8 Å². The van der Waals surface area contributed by atoms with Crippen molar-refractivity contribution in [1.82, 2.24) is 24.4 Å². The van der Waals surface area contributed by atoms with Crippen LogP contribution < -0.4 is 16.6 Å². The summed E-state index contributed by atoms with van der Waals surface area (Å²) in [4.78, 5) is 29.4. The lowest BCUT2D eigenvalue weighted by Gasteiger charge is -2.23. The van der Waals surface area contributed by atoms with Crippen molar-refractivity contribution in [2.45, 2.75) is 39.0 Å². The number of aromatic nitrogens is 4. The van der Waals surface area contributed by atoms with Gasteiger partial charge < -0.3 is 25.6 Å². The maximum atomic E-state index is 11.4. The molecule has 7 N–H and O–H groups in total. The number of nitrogens with zero attached hydrogens (tertiary/aromatic N) is 3. The molecule has 0 bridgehead atoms. The summed E-state index contributed by atoms with van der Waals surface area (Å²) in [6.45, 7) is 6.26. The summed E-state index contributed by atoms with van der Waals surface area (Å²) in [6.07, 6.45) is 0.742. The summed E-state index contributed by atoms with van der Waals surface area (Å²) in [5.74, 6) is 0.0484. The minimum Gasteiger partial charge on any atom is -0.508 e. The first-order chi connectivity index (χ1) is 16.0. The summed E-state index contributed by atoms with van der Waals surface area (Å²) < 4.78 is 34.0. The molecule has 0 saturated carbocycles. The molecule has 15 heteroatoms. The molecule has 1 atom stereocenters. The molecule has 0 saturated heterocycles. The zero-order valence-corrected chi connectivity index (χ0v) is 20.7. The standard InChI is InChI=1S/C13H21NO3.C7H8N4O2.H2O4S/c1-13(2,3)14-7-12(17)9-4-5-11(16)10(6-9)8-15;1-10-5-4(8-3-9-5)6(12)11(2)7(10)13;1-5(2,3)4/h4-6,12,14-17H,7-8H2,1-3H3;3H,1-2H3,(H,8,9);(H2,1,2,3,4). The van der Waals surface area contributed by atoms with Crippen LogP contribution in [0.15, 0.2) is 34.1 Å². The molecule has 3 aromatic rings. The van der Waals surface area contributed by atoms with Gasteiger partial charge in [0.05, 0.1) is 19.0 Å². The van der Waals surface area contributed by atoms with Gasteiger partial charge in [0, 0.05) is 31.7 Å². The predicted molar refractivity (Wildman–Crippen MR) is 127 cm³/mol. The Balaban J connectivity index is 0.000000300. The highest BCUT2D eigenvalue weighted by Crippen LogP contribution is 2.22. The van der Waals surface area contributed by atoms with Crippen molar-refractivity contribution in [2.75, 3.05) is 6.54 Å². The Morgan fingerprint density at radius 1 is 1.14 bits per heavy atom. The van der Waals surface area contributed by atoms with Crippen LogP contribution in [0, 0.1) is 0 Å². The molecule has 0 amide bonds. The van der Waals surface area contributed by atoms with Crippen molar-refractivity contribution in [3.05, 3.63) is 56.5 Å². The quantitative estimate of drug-likeness (QED) is 0.221. The van der Waals surface area contributed by atoms with Gasteiger partial charge in [0.15, 0.2) is 5.65 Å². The number of rotatable bonds is 4. The minimum atomic E-state index is -4.67. The molecular weight excluding hydrogens is 486 g/mol. The Kier molecular flexibility index (Phi) is 10.3. The van der Waals surface area contributed by atoms with Gasteiger partial charge in [0.25, 0.3) is 5.56 Å². The number of hydrogen-bond donors (Lipinski definition) is 7. The van der Waals surface area contributed by atoms with Gasteiger partial charge in [-0.2, -0.15) is 8.42 Å². The average molecular weight is 518 g/mol. The third-order valence-electron chi connectivity index (χ3n) is 4.51. The summed E-state index contributed by atoms with van der Waals surface area (Å²) in [5.41, 5.74) is 1.07. The smallest absolute Gasteiger partial charge is 0.394 e. The topological polar surface area (TPSA) is 220 Å². The van der Waals surface area contributed by atoms with Gasteiger partial charge >= 0.3 is 16.1 Å². The van der Waals surface area contributed by atoms with Crippen LogP contribution in [0.1, 0.15) is 38.0 Å². The Labute approximate surface area is 201 Å². The number of benzene rings is 1. The van der Waals surface area contributed by atoms with Crippen LogP contribution in [0.5, 0.6) is 5.75 Å². The van der Waals surface area contributed by atoms with E-state index in [1.54, 1.807) is 19.2 Å². The lowest BCUT2D eigenvalue weighted by molar-refractivity contribution is 0.163. The molecule has 2 heterocycles. The van der Waals surface area contributed by atoms with E-state index in [0.717, 1.165) is 4.57 Å². The van der Waals surface area contributed by atoms with E-state index in [2.05, 4.69) is 15.3 Å². The molecule has 35 heavy (non-hydrogen) atoms. The highest BCUT2D eigenvalue weighted by atomic mass is 32.3. The SMILES string of the molecule is CC(C)(C)NCC(O)c1ccc(O)c(CO)c1.Cn1c(=O)c2[nH]cnc2n(C)c1=O.O=S(=O)(O)O. The van der Waals surface area contributed by atoms with Gasteiger partial charge in [0.2, 0.25) is 0 Å². The van der Waals surface area contributed by atoms with E-state index in [4.69, 9.17) is 22.6 Å². The summed E-state index contributed by atoms with van der Waals surface area (Å²) in [5, 5.41) is 31.6. The van der Waals surface area contributed by atoms with Crippen LogP contribution in [0.2, 0.25) is 0 Å². The summed E-state index contributed by atoms with van der Waals surface area (Å²) in [6, 6.07) is 4.76. The number of phenols is 1. The lowest BCUT2D eigenvalue weighted by Crippen LogP contribution is -2.38. The number of aliphatic hydroxyl groups is 2. The first-order valence-electron chi connectivity index (χ1n) is 10.1. The van der Waals surface area contributed by atoms with Crippen LogP contribution in [0.4, 0.5) is 0 Å². The van der Waals surface area contributed by atoms with Gasteiger partial charge in [-0.1, -0.05) is 6.07 Å². The van der Waals surface area contributed by atoms with Crippen LogP contribution in [0.3, 0.4) is 0 Å². The second kappa shape index (κ2) is 12.1. The molecule has 0 aliphatic heterocycles. The van der Waals surface area contributed by atoms with Crippen LogP contribution in [0.25, 0.3) is 11.2 Å². The van der Waals surface area contributed by atoms with E-state index < -0.39 is 16.5 Å². The summed E-state index contributed by atoms with van der Waals surface area (Å²) in [7, 11) is -1.66. The Morgan fingerprint density at radius 3 is 2.23 bits per heavy atom. The molecule has 0 aliphatic rings. The van der Waals surface area contributed by atoms with E-state index in [0.29, 0.717) is 28.8 Å². The molecular formula is C20H31N5O9S. The van der Waals surface area contributed by atoms with Crippen molar-refractivity contribution < 1.29 is 32.8 Å². The lowest BCUT2D eigenvalue weighted by atomic mass is 10.0. The number of aromatic hydroxyl groups is 1. The number of aromatic amines is 1. The van der Waals surface area contributed by atoms with Crippen LogP contribution in [-0.4, -0.2) is 64.0 Å². The number of aryl methyl sites for hydroxylation is 1. The second-order valence-electron chi connectivity index (χ2n) is 8.45. The molecule has 0 aliphatic carbocycles. The number of aliphatic hydroxyl groups excluding tert-OH is 2. The van der Waals surface area contributed by atoms with Gasteiger partial charge in [-0.15, -0.1) is 0 Å². The molecule has 0 radical (unpaired) electrons. The highest BCUT2D eigenvalue weighted by Gasteiger charge is 2.14. The highest BCUT2D eigenvalue weighted by molar-refractivity contribution is 7.79. The van der Waals surface area contributed by atoms with Crippen LogP contribution in [-0.2, 0) is 31.1 Å². The average Bonchev–Trinajstić information content (AvgIpc) is 3.24. The third kappa shape index (κ3) is 9.59. The number of hydrogen-bond acceptors (Lipinski definition) is 9. The van der Waals surface area contributed by atoms with Crippen molar-refractivity contribution in [3.8, 4) is 5.75 Å². The van der Waals surface area contributed by atoms with Gasteiger partial charge in [-0.3, -0.25) is 23.0 Å². The van der Waals surface area contributed by atoms with Gasteiger partial charge in [0.1, 0.15) is 11.3 Å². The molecule has 0 spiro atoms. The predicted octanol–water partition coefficient (Wildman–Crippen LogP) is -0.386. The molecule has 1 aromatic carbocycles. The van der Waals surface area contributed by atoms with E-state index >= 15 is 0 Å². The van der Waals surface area contributed by atoms with E-state index in [1.807, 2.05) is 20.8 Å². The minimum absolute atomic E-state index is 0.0484. The monoisotopic (exact) mass is 517 g/mol. The first-order valence-corrected chi connectivity index (χ1v) is 11.5. The zero-order valence-electron chi connectivity index (χ0n) is 19.9. The van der Waals surface area contributed by atoms with Crippen molar-refractivity contribution in [3.63, 3.8) is 0 Å². The fourth-order valence-electron chi connectivity index (χ4n) is 2.73. The molecule has 2 aromatic heterocycles. The van der Waals surface area contributed by atoms with E-state index in [-0.39, 0.29) is 29.1 Å². The molecule has 3 rings (SSSR count). The fourth-order valence-corrected chi connectivity index (χ4v) is 2.73. The second-order valence-corrected chi connectivity index (χ2v) is 9.34. The van der Waals surface area contributed by atoms with E-state index in [1.165, 1.54) is 24.0 Å². The fraction of sp³-hybridized carbons (Fsp3) is 0.450. The number of imidazole rings is 1. The number of β-amino-alcohol motifs (C(OH)–C–C–N with tert-alkyl or cyclic N) is 1. The first kappa shape index (κ1) is 30.0. The number of fused-ring (bicyclic) bond motifs is 1.